The Labute approximate surface area is 114 Å². The number of hydrogen-bond donors (Lipinski definition) is 1. The Kier molecular flexibility index (Phi) is 3.52. The van der Waals surface area contributed by atoms with Crippen LogP contribution in [-0.2, 0) is 4.79 Å². The van der Waals surface area contributed by atoms with Gasteiger partial charge in [-0.05, 0) is 25.0 Å². The van der Waals surface area contributed by atoms with Crippen LogP contribution < -0.4 is 5.32 Å². The van der Waals surface area contributed by atoms with Crippen molar-refractivity contribution in [3.8, 4) is 0 Å². The van der Waals surface area contributed by atoms with E-state index in [4.69, 9.17) is 0 Å². The summed E-state index contributed by atoms with van der Waals surface area (Å²) < 4.78 is 2.19. The summed E-state index contributed by atoms with van der Waals surface area (Å²) >= 11 is 3.28. The molecule has 18 heavy (non-hydrogen) atoms. The number of nitrogens with one attached hydrogen (secondary N) is 1. The van der Waals surface area contributed by atoms with Gasteiger partial charge in [-0.15, -0.1) is 11.3 Å². The van der Waals surface area contributed by atoms with E-state index in [0.29, 0.717) is 0 Å². The maximum Gasteiger partial charge on any atom is 0.233 e. The minimum atomic E-state index is 0.0214. The van der Waals surface area contributed by atoms with Gasteiger partial charge in [0.15, 0.2) is 4.34 Å². The lowest BCUT2D eigenvalue weighted by Crippen LogP contribution is -2.30. The second-order valence-electron chi connectivity index (χ2n) is 4.34. The Morgan fingerprint density at radius 1 is 1.33 bits per heavy atom. The molecule has 0 unspecified atom stereocenters. The number of para-hydroxylation sites is 1. The van der Waals surface area contributed by atoms with Crippen LogP contribution in [0.4, 0.5) is 0 Å². The molecule has 3 nitrogen and oxygen atoms in total. The van der Waals surface area contributed by atoms with Crippen molar-refractivity contribution < 1.29 is 4.79 Å². The van der Waals surface area contributed by atoms with Crippen molar-refractivity contribution in [3.63, 3.8) is 0 Å². The van der Waals surface area contributed by atoms with Crippen LogP contribution in [0.1, 0.15) is 19.3 Å². The Morgan fingerprint density at radius 2 is 2.22 bits per heavy atom. The van der Waals surface area contributed by atoms with E-state index in [1.54, 1.807) is 23.1 Å². The van der Waals surface area contributed by atoms with Crippen LogP contribution in [0.25, 0.3) is 10.2 Å². The lowest BCUT2D eigenvalue weighted by atomic mass is 10.2. The van der Waals surface area contributed by atoms with Crippen LogP contribution in [0, 0.1) is 0 Å². The molecule has 1 N–H and O–H groups in total. The van der Waals surface area contributed by atoms with Crippen molar-refractivity contribution in [1.29, 1.82) is 0 Å². The van der Waals surface area contributed by atoms with Crippen LogP contribution in [0.15, 0.2) is 28.6 Å². The molecule has 1 aliphatic rings. The first-order valence-corrected chi connectivity index (χ1v) is 7.82. The molecule has 2 heterocycles. The fourth-order valence-electron chi connectivity index (χ4n) is 2.05. The zero-order chi connectivity index (χ0) is 12.4. The van der Waals surface area contributed by atoms with Gasteiger partial charge in [0.25, 0.3) is 0 Å². The topological polar surface area (TPSA) is 42.0 Å². The Hall–Kier alpha value is -1.07. The highest BCUT2D eigenvalue weighted by atomic mass is 32.2. The molecule has 5 heteroatoms. The number of thioether (sulfide) groups is 1. The molecule has 0 spiro atoms. The second-order valence-corrected chi connectivity index (χ2v) is 6.82. The average molecular weight is 278 g/mol. The number of carbonyl (C=O) groups is 1. The molecule has 0 saturated carbocycles. The monoisotopic (exact) mass is 278 g/mol. The van der Waals surface area contributed by atoms with E-state index in [1.807, 2.05) is 18.2 Å². The van der Waals surface area contributed by atoms with Gasteiger partial charge in [-0.2, -0.15) is 0 Å². The summed E-state index contributed by atoms with van der Waals surface area (Å²) in [6.45, 7) is 0.815. The van der Waals surface area contributed by atoms with Crippen molar-refractivity contribution in [3.05, 3.63) is 24.3 Å². The van der Waals surface area contributed by atoms with Crippen molar-refractivity contribution in [2.24, 2.45) is 0 Å². The molecule has 0 bridgehead atoms. The third-order valence-electron chi connectivity index (χ3n) is 3.00. The fourth-order valence-corrected chi connectivity index (χ4v) is 4.42. The highest BCUT2D eigenvalue weighted by molar-refractivity contribution is 8.02. The maximum absolute atomic E-state index is 11.9. The van der Waals surface area contributed by atoms with Gasteiger partial charge in [0.05, 0.1) is 15.5 Å². The van der Waals surface area contributed by atoms with Gasteiger partial charge < -0.3 is 5.32 Å². The first kappa shape index (κ1) is 12.0. The van der Waals surface area contributed by atoms with E-state index >= 15 is 0 Å². The number of fused-ring (bicyclic) bond motifs is 1. The quantitative estimate of drug-likeness (QED) is 0.918. The summed E-state index contributed by atoms with van der Waals surface area (Å²) in [5, 5.41) is 2.99. The molecule has 3 rings (SSSR count). The van der Waals surface area contributed by atoms with Gasteiger partial charge in [0.1, 0.15) is 0 Å². The number of amides is 1. The van der Waals surface area contributed by atoms with Gasteiger partial charge in [-0.3, -0.25) is 4.79 Å². The van der Waals surface area contributed by atoms with Crippen LogP contribution in [0.3, 0.4) is 0 Å². The van der Waals surface area contributed by atoms with E-state index in [9.17, 15) is 4.79 Å². The fraction of sp³-hybridized carbons (Fsp3) is 0.385. The normalized spacial score (nSPS) is 20.7. The standard InChI is InChI=1S/C13H14N2OS2/c16-12-11(7-3-4-8-14-12)18-13-15-9-5-1-2-6-10(9)17-13/h1-2,5-6,11H,3-4,7-8H2,(H,14,16)/t11-/m0/s1. The average Bonchev–Trinajstić information content (AvgIpc) is 2.68. The second kappa shape index (κ2) is 5.28. The first-order valence-electron chi connectivity index (χ1n) is 6.13. The molecule has 1 aromatic heterocycles. The predicted octanol–water partition coefficient (Wildman–Crippen LogP) is 3.06. The van der Waals surface area contributed by atoms with Gasteiger partial charge in [0, 0.05) is 6.54 Å². The third kappa shape index (κ3) is 2.52. The summed E-state index contributed by atoms with van der Waals surface area (Å²) in [4.78, 5) is 16.5. The molecule has 2 aromatic rings. The van der Waals surface area contributed by atoms with Crippen LogP contribution >= 0.6 is 23.1 Å². The van der Waals surface area contributed by atoms with Crippen molar-refractivity contribution in [2.75, 3.05) is 6.54 Å². The number of benzene rings is 1. The van der Waals surface area contributed by atoms with E-state index in [0.717, 1.165) is 35.7 Å². The Balaban J connectivity index is 1.80. The first-order chi connectivity index (χ1) is 8.83. The number of aromatic nitrogens is 1. The maximum atomic E-state index is 11.9. The molecule has 0 aliphatic carbocycles. The molecule has 1 aromatic carbocycles. The largest absolute Gasteiger partial charge is 0.355 e. The summed E-state index contributed by atoms with van der Waals surface area (Å²) in [6.07, 6.45) is 3.15. The zero-order valence-electron chi connectivity index (χ0n) is 9.89. The third-order valence-corrected chi connectivity index (χ3v) is 5.40. The molecule has 1 saturated heterocycles. The van der Waals surface area contributed by atoms with E-state index < -0.39 is 0 Å². The molecular weight excluding hydrogens is 264 g/mol. The number of nitrogens with zero attached hydrogens (tertiary/aromatic N) is 1. The molecule has 1 amide bonds. The number of rotatable bonds is 2. The molecule has 1 aliphatic heterocycles. The number of carbonyl (C=O) groups excluding carboxylic acids is 1. The Bertz CT molecular complexity index is 534. The number of thiazole rings is 1. The van der Waals surface area contributed by atoms with Crippen molar-refractivity contribution >= 4 is 39.2 Å². The highest BCUT2D eigenvalue weighted by Gasteiger charge is 2.23. The smallest absolute Gasteiger partial charge is 0.233 e. The van der Waals surface area contributed by atoms with Crippen LogP contribution in [0.2, 0.25) is 0 Å². The molecular formula is C13H14N2OS2. The van der Waals surface area contributed by atoms with Gasteiger partial charge in [-0.1, -0.05) is 30.3 Å². The lowest BCUT2D eigenvalue weighted by molar-refractivity contribution is -0.120. The van der Waals surface area contributed by atoms with E-state index in [1.165, 1.54) is 4.70 Å². The van der Waals surface area contributed by atoms with Crippen molar-refractivity contribution in [2.45, 2.75) is 28.9 Å². The van der Waals surface area contributed by atoms with Gasteiger partial charge >= 0.3 is 0 Å². The van der Waals surface area contributed by atoms with Crippen LogP contribution in [-0.4, -0.2) is 22.7 Å². The Morgan fingerprint density at radius 3 is 3.11 bits per heavy atom. The molecule has 1 fully saturated rings. The van der Waals surface area contributed by atoms with Crippen molar-refractivity contribution in [1.82, 2.24) is 10.3 Å². The zero-order valence-corrected chi connectivity index (χ0v) is 11.5. The lowest BCUT2D eigenvalue weighted by Gasteiger charge is -2.09. The van der Waals surface area contributed by atoms with E-state index in [-0.39, 0.29) is 11.2 Å². The van der Waals surface area contributed by atoms with Gasteiger partial charge in [0.2, 0.25) is 5.91 Å². The van der Waals surface area contributed by atoms with Crippen LogP contribution in [0.5, 0.6) is 0 Å². The predicted molar refractivity (Wildman–Crippen MR) is 76.1 cm³/mol. The molecule has 94 valence electrons. The molecule has 0 radical (unpaired) electrons. The summed E-state index contributed by atoms with van der Waals surface area (Å²) in [5.74, 6) is 0.164. The minimum Gasteiger partial charge on any atom is -0.355 e. The van der Waals surface area contributed by atoms with E-state index in [2.05, 4.69) is 16.4 Å². The number of hydrogen-bond acceptors (Lipinski definition) is 4. The minimum absolute atomic E-state index is 0.0214. The SMILES string of the molecule is O=C1NCCCC[C@@H]1Sc1nc2ccccc2s1. The molecule has 1 atom stereocenters. The van der Waals surface area contributed by atoms with Gasteiger partial charge in [-0.25, -0.2) is 4.98 Å². The summed E-state index contributed by atoms with van der Waals surface area (Å²) in [5.41, 5.74) is 1.03. The highest BCUT2D eigenvalue weighted by Crippen LogP contribution is 2.34. The summed E-state index contributed by atoms with van der Waals surface area (Å²) in [6, 6.07) is 8.11. The summed E-state index contributed by atoms with van der Waals surface area (Å²) in [7, 11) is 0.